The summed E-state index contributed by atoms with van der Waals surface area (Å²) in [6.45, 7) is 2.58. The highest BCUT2D eigenvalue weighted by Crippen LogP contribution is 2.26. The molecule has 4 N–H and O–H groups in total. The number of fused-ring (bicyclic) bond motifs is 1. The molecule has 2 aromatic heterocycles. The fourth-order valence-electron chi connectivity index (χ4n) is 5.12. The lowest BCUT2D eigenvalue weighted by molar-refractivity contribution is -0.125. The van der Waals surface area contributed by atoms with Crippen LogP contribution in [0, 0.1) is 5.92 Å². The number of aromatic nitrogens is 4. The normalized spacial score (nSPS) is 20.1. The number of carbonyl (C=O) groups is 2. The van der Waals surface area contributed by atoms with Gasteiger partial charge in [-0.15, -0.1) is 0 Å². The van der Waals surface area contributed by atoms with Crippen LogP contribution in [-0.2, 0) is 16.1 Å². The van der Waals surface area contributed by atoms with Crippen molar-refractivity contribution in [2.24, 2.45) is 5.92 Å². The third-order valence-electron chi connectivity index (χ3n) is 7.47. The molecule has 1 aliphatic heterocycles. The van der Waals surface area contributed by atoms with Gasteiger partial charge in [-0.3, -0.25) is 9.69 Å². The van der Waals surface area contributed by atoms with Crippen molar-refractivity contribution in [3.05, 3.63) is 36.2 Å². The lowest BCUT2D eigenvalue weighted by Crippen LogP contribution is -2.52. The van der Waals surface area contributed by atoms with Crippen LogP contribution in [0.5, 0.6) is 0 Å². The van der Waals surface area contributed by atoms with Crippen LogP contribution in [0.2, 0.25) is 0 Å². The number of methoxy groups -OCH3 is 1. The first-order chi connectivity index (χ1) is 18.5. The molecule has 2 fully saturated rings. The molecule has 12 nitrogen and oxygen atoms in total. The van der Waals surface area contributed by atoms with E-state index in [9.17, 15) is 9.59 Å². The van der Waals surface area contributed by atoms with Crippen LogP contribution in [0.3, 0.4) is 0 Å². The minimum absolute atomic E-state index is 0.0227. The summed E-state index contributed by atoms with van der Waals surface area (Å²) in [6, 6.07) is 7.79. The van der Waals surface area contributed by atoms with Gasteiger partial charge >= 0.3 is 6.03 Å². The lowest BCUT2D eigenvalue weighted by atomic mass is 9.89. The van der Waals surface area contributed by atoms with E-state index in [1.165, 1.54) is 10.9 Å². The quantitative estimate of drug-likeness (QED) is 0.352. The first-order valence-corrected chi connectivity index (χ1v) is 13.1. The van der Waals surface area contributed by atoms with Gasteiger partial charge in [-0.2, -0.15) is 9.97 Å². The molecule has 2 amide bonds. The second-order valence-corrected chi connectivity index (χ2v) is 9.83. The molecular weight excluding hydrogens is 486 g/mol. The maximum Gasteiger partial charge on any atom is 0.328 e. The molecule has 3 heterocycles. The van der Waals surface area contributed by atoms with Gasteiger partial charge in [0.25, 0.3) is 0 Å². The Morgan fingerprint density at radius 2 is 1.92 bits per heavy atom. The van der Waals surface area contributed by atoms with Gasteiger partial charge in [0.05, 0.1) is 12.1 Å². The van der Waals surface area contributed by atoms with Crippen molar-refractivity contribution in [3.63, 3.8) is 0 Å². The van der Waals surface area contributed by atoms with Crippen molar-refractivity contribution in [3.8, 4) is 0 Å². The molecule has 1 saturated carbocycles. The van der Waals surface area contributed by atoms with Gasteiger partial charge in [0.15, 0.2) is 17.0 Å². The fourth-order valence-corrected chi connectivity index (χ4v) is 5.12. The number of ether oxygens (including phenoxy) is 1. The van der Waals surface area contributed by atoms with Gasteiger partial charge in [-0.25, -0.2) is 14.3 Å². The van der Waals surface area contributed by atoms with E-state index in [0.29, 0.717) is 22.9 Å². The van der Waals surface area contributed by atoms with E-state index < -0.39 is 0 Å². The predicted molar refractivity (Wildman–Crippen MR) is 144 cm³/mol. The number of imidazole rings is 1. The Morgan fingerprint density at radius 3 is 2.61 bits per heavy atom. The zero-order chi connectivity index (χ0) is 26.6. The third-order valence-corrected chi connectivity index (χ3v) is 7.47. The average molecular weight is 522 g/mol. The first-order valence-electron chi connectivity index (χ1n) is 13.1. The molecule has 0 spiro atoms. The van der Waals surface area contributed by atoms with Gasteiger partial charge in [0.1, 0.15) is 6.33 Å². The molecular formula is C26H35N9O3. The van der Waals surface area contributed by atoms with Crippen molar-refractivity contribution < 1.29 is 14.3 Å². The second kappa shape index (κ2) is 11.3. The SMILES string of the molecule is CNC(=O)C1CCN(Cc2cccc(Nc3nc(NC)c4ncn(C(=O)N[C@@H]5CC[C@H]5OC)c4n3)c2)CC1. The molecule has 1 aromatic carbocycles. The van der Waals surface area contributed by atoms with Gasteiger partial charge in [0.2, 0.25) is 11.9 Å². The summed E-state index contributed by atoms with van der Waals surface area (Å²) in [7, 11) is 5.11. The fraction of sp³-hybridized carbons (Fsp3) is 0.500. The van der Waals surface area contributed by atoms with E-state index in [2.05, 4.69) is 53.3 Å². The molecule has 0 unspecified atom stereocenters. The lowest BCUT2D eigenvalue weighted by Gasteiger charge is -2.35. The van der Waals surface area contributed by atoms with Crippen molar-refractivity contribution in [1.29, 1.82) is 0 Å². The highest BCUT2D eigenvalue weighted by Gasteiger charge is 2.33. The summed E-state index contributed by atoms with van der Waals surface area (Å²) in [5.41, 5.74) is 2.92. The van der Waals surface area contributed by atoms with E-state index in [0.717, 1.165) is 56.6 Å². The van der Waals surface area contributed by atoms with Crippen LogP contribution in [0.15, 0.2) is 30.6 Å². The van der Waals surface area contributed by atoms with Gasteiger partial charge < -0.3 is 26.0 Å². The van der Waals surface area contributed by atoms with Crippen molar-refractivity contribution in [2.45, 2.75) is 44.4 Å². The Bertz CT molecular complexity index is 1300. The highest BCUT2D eigenvalue weighted by atomic mass is 16.5. The van der Waals surface area contributed by atoms with Crippen molar-refractivity contribution >= 4 is 40.6 Å². The number of likely N-dealkylation sites (tertiary alicyclic amines) is 1. The zero-order valence-electron chi connectivity index (χ0n) is 22.0. The minimum Gasteiger partial charge on any atom is -0.379 e. The molecule has 1 saturated heterocycles. The number of hydrogen-bond acceptors (Lipinski definition) is 9. The molecule has 5 rings (SSSR count). The Balaban J connectivity index is 1.30. The van der Waals surface area contributed by atoms with E-state index in [4.69, 9.17) is 4.74 Å². The predicted octanol–water partition coefficient (Wildman–Crippen LogP) is 2.30. The largest absolute Gasteiger partial charge is 0.379 e. The number of nitrogens with zero attached hydrogens (tertiary/aromatic N) is 5. The number of anilines is 3. The highest BCUT2D eigenvalue weighted by molar-refractivity contribution is 5.92. The molecule has 3 aromatic rings. The molecule has 12 heteroatoms. The van der Waals surface area contributed by atoms with E-state index in [1.54, 1.807) is 21.2 Å². The molecule has 202 valence electrons. The number of benzene rings is 1. The zero-order valence-corrected chi connectivity index (χ0v) is 22.0. The monoisotopic (exact) mass is 521 g/mol. The summed E-state index contributed by atoms with van der Waals surface area (Å²) < 4.78 is 6.81. The van der Waals surface area contributed by atoms with Gasteiger partial charge in [-0.1, -0.05) is 12.1 Å². The van der Waals surface area contributed by atoms with Crippen LogP contribution in [0.25, 0.3) is 11.2 Å². The second-order valence-electron chi connectivity index (χ2n) is 9.83. The van der Waals surface area contributed by atoms with Crippen molar-refractivity contribution in [2.75, 3.05) is 44.9 Å². The molecule has 38 heavy (non-hydrogen) atoms. The van der Waals surface area contributed by atoms with E-state index in [-0.39, 0.29) is 30.0 Å². The molecule has 0 radical (unpaired) electrons. The maximum absolute atomic E-state index is 13.0. The Kier molecular flexibility index (Phi) is 7.70. The van der Waals surface area contributed by atoms with E-state index in [1.807, 2.05) is 12.1 Å². The number of hydrogen-bond donors (Lipinski definition) is 4. The standard InChI is InChI=1S/C26H35N9O3/c1-27-22-21-23(35(15-29-21)26(37)31-19-7-8-20(19)38-3)33-25(32-22)30-18-6-4-5-16(13-18)14-34-11-9-17(10-12-34)24(36)28-2/h4-6,13,15,17,19-20H,7-12,14H2,1-3H3,(H,28,36)(H,31,37)(H2,27,30,32,33)/t19-,20-/m1/s1. The maximum atomic E-state index is 13.0. The van der Waals surface area contributed by atoms with Crippen LogP contribution in [0.1, 0.15) is 31.2 Å². The topological polar surface area (TPSA) is 138 Å². The number of nitrogens with one attached hydrogen (secondary N) is 4. The number of amides is 2. The Morgan fingerprint density at radius 1 is 1.11 bits per heavy atom. The summed E-state index contributed by atoms with van der Waals surface area (Å²) in [5, 5.41) is 12.1. The summed E-state index contributed by atoms with van der Waals surface area (Å²) >= 11 is 0. The van der Waals surface area contributed by atoms with Crippen molar-refractivity contribution in [1.82, 2.24) is 35.1 Å². The van der Waals surface area contributed by atoms with Crippen LogP contribution >= 0.6 is 0 Å². The number of rotatable bonds is 8. The Labute approximate surface area is 221 Å². The molecule has 1 aliphatic carbocycles. The third kappa shape index (κ3) is 5.41. The summed E-state index contributed by atoms with van der Waals surface area (Å²) in [5.74, 6) is 1.12. The average Bonchev–Trinajstić information content (AvgIpc) is 3.35. The van der Waals surface area contributed by atoms with Crippen LogP contribution < -0.4 is 21.3 Å². The van der Waals surface area contributed by atoms with E-state index >= 15 is 0 Å². The summed E-state index contributed by atoms with van der Waals surface area (Å²) in [4.78, 5) is 40.9. The number of piperidine rings is 1. The van der Waals surface area contributed by atoms with Crippen LogP contribution in [-0.4, -0.2) is 82.8 Å². The van der Waals surface area contributed by atoms with Crippen LogP contribution in [0.4, 0.5) is 22.2 Å². The minimum atomic E-state index is -0.298. The van der Waals surface area contributed by atoms with Gasteiger partial charge in [-0.05, 0) is 56.5 Å². The van der Waals surface area contributed by atoms with Gasteiger partial charge in [0, 0.05) is 39.4 Å². The molecule has 2 atom stereocenters. The first kappa shape index (κ1) is 25.9. The number of carbonyl (C=O) groups excluding carboxylic acids is 2. The Hall–Kier alpha value is -3.77. The molecule has 0 bridgehead atoms. The summed E-state index contributed by atoms with van der Waals surface area (Å²) in [6.07, 6.45) is 5.04. The smallest absolute Gasteiger partial charge is 0.328 e. The molecule has 2 aliphatic rings.